The summed E-state index contributed by atoms with van der Waals surface area (Å²) in [5, 5.41) is 8.54. The number of hydrogen-bond acceptors (Lipinski definition) is 4. The van der Waals surface area contributed by atoms with Gasteiger partial charge in [-0.05, 0) is 6.07 Å². The molecule has 4 heteroatoms. The molecule has 0 unspecified atom stereocenters. The van der Waals surface area contributed by atoms with Gasteiger partial charge in [0.1, 0.15) is 11.8 Å². The molecule has 56 valence electrons. The van der Waals surface area contributed by atoms with Crippen LogP contribution in [0.15, 0.2) is 18.3 Å². The lowest BCUT2D eigenvalue weighted by molar-refractivity contribution is 0.123. The van der Waals surface area contributed by atoms with Gasteiger partial charge in [-0.1, -0.05) is 6.07 Å². The van der Waals surface area contributed by atoms with Crippen molar-refractivity contribution in [3.63, 3.8) is 0 Å². The van der Waals surface area contributed by atoms with Crippen molar-refractivity contribution in [3.05, 3.63) is 29.6 Å². The Kier molecular flexibility index (Phi) is 2.55. The number of hydrogen-bond donors (Lipinski definition) is 1. The Morgan fingerprint density at radius 3 is 3.18 bits per heavy atom. The third-order valence-corrected chi connectivity index (χ3v) is 1.24. The van der Waals surface area contributed by atoms with Gasteiger partial charge < -0.3 is 0 Å². The van der Waals surface area contributed by atoms with Crippen LogP contribution in [0.4, 0.5) is 0 Å². The molecule has 1 rings (SSSR count). The topological polar surface area (TPSA) is 71.9 Å². The van der Waals surface area contributed by atoms with Crippen molar-refractivity contribution in [2.24, 2.45) is 5.90 Å². The molecule has 1 aromatic rings. The molecule has 2 N–H and O–H groups in total. The summed E-state index contributed by atoms with van der Waals surface area (Å²) in [6.07, 6.45) is 1.55. The average Bonchev–Trinajstić information content (AvgIpc) is 2.06. The third kappa shape index (κ3) is 1.74. The molecule has 0 radical (unpaired) electrons. The van der Waals surface area contributed by atoms with E-state index in [0.29, 0.717) is 11.3 Å². The minimum absolute atomic E-state index is 0.219. The minimum Gasteiger partial charge on any atom is -0.300 e. The fourth-order valence-electron chi connectivity index (χ4n) is 0.746. The second-order valence-corrected chi connectivity index (χ2v) is 1.93. The first kappa shape index (κ1) is 7.66. The van der Waals surface area contributed by atoms with Crippen LogP contribution in [0.3, 0.4) is 0 Å². The third-order valence-electron chi connectivity index (χ3n) is 1.24. The van der Waals surface area contributed by atoms with Crippen LogP contribution in [0.2, 0.25) is 0 Å². The molecular weight excluding hydrogens is 142 g/mol. The first-order valence-corrected chi connectivity index (χ1v) is 3.04. The summed E-state index contributed by atoms with van der Waals surface area (Å²) in [4.78, 5) is 8.20. The van der Waals surface area contributed by atoms with E-state index < -0.39 is 0 Å². The Hall–Kier alpha value is -1.44. The summed E-state index contributed by atoms with van der Waals surface area (Å²) in [6, 6.07) is 5.41. The molecule has 0 aromatic carbocycles. The largest absolute Gasteiger partial charge is 0.300 e. The number of pyridine rings is 1. The molecule has 0 aliphatic heterocycles. The van der Waals surface area contributed by atoms with E-state index in [4.69, 9.17) is 11.2 Å². The van der Waals surface area contributed by atoms with Gasteiger partial charge >= 0.3 is 0 Å². The molecule has 0 saturated heterocycles. The maximum Gasteiger partial charge on any atom is 0.146 e. The Morgan fingerprint density at radius 1 is 1.73 bits per heavy atom. The molecule has 1 heterocycles. The second-order valence-electron chi connectivity index (χ2n) is 1.93. The molecular formula is C7H7N3O. The Bertz CT molecular complexity index is 279. The number of nitriles is 1. The molecule has 0 aliphatic rings. The fourth-order valence-corrected chi connectivity index (χ4v) is 0.746. The van der Waals surface area contributed by atoms with Gasteiger partial charge in [0.2, 0.25) is 0 Å². The highest BCUT2D eigenvalue weighted by Gasteiger charge is 1.99. The van der Waals surface area contributed by atoms with Crippen LogP contribution in [0.25, 0.3) is 0 Å². The van der Waals surface area contributed by atoms with Gasteiger partial charge in [0.15, 0.2) is 0 Å². The lowest BCUT2D eigenvalue weighted by Crippen LogP contribution is -2.01. The van der Waals surface area contributed by atoms with E-state index in [0.717, 1.165) is 0 Å². The van der Waals surface area contributed by atoms with Gasteiger partial charge in [-0.25, -0.2) is 10.9 Å². The van der Waals surface area contributed by atoms with Gasteiger partial charge in [-0.15, -0.1) is 0 Å². The Morgan fingerprint density at radius 2 is 2.55 bits per heavy atom. The fraction of sp³-hybridized carbons (Fsp3) is 0.143. The van der Waals surface area contributed by atoms with Crippen LogP contribution in [0.5, 0.6) is 0 Å². The molecule has 0 aliphatic carbocycles. The van der Waals surface area contributed by atoms with Crippen LogP contribution in [0.1, 0.15) is 11.3 Å². The number of aromatic nitrogens is 1. The smallest absolute Gasteiger partial charge is 0.146 e. The maximum atomic E-state index is 8.54. The number of rotatable bonds is 2. The van der Waals surface area contributed by atoms with Crippen molar-refractivity contribution in [2.75, 3.05) is 0 Å². The van der Waals surface area contributed by atoms with E-state index in [1.807, 2.05) is 6.07 Å². The molecule has 0 saturated carbocycles. The van der Waals surface area contributed by atoms with Crippen molar-refractivity contribution in [1.82, 2.24) is 4.98 Å². The summed E-state index contributed by atoms with van der Waals surface area (Å²) in [5.41, 5.74) is 1.07. The van der Waals surface area contributed by atoms with E-state index in [1.165, 1.54) is 0 Å². The number of nitrogens with zero attached hydrogens (tertiary/aromatic N) is 2. The quantitative estimate of drug-likeness (QED) is 0.615. The zero-order valence-electron chi connectivity index (χ0n) is 5.82. The first-order valence-electron chi connectivity index (χ1n) is 3.04. The van der Waals surface area contributed by atoms with E-state index in [1.54, 1.807) is 18.3 Å². The molecule has 0 spiro atoms. The van der Waals surface area contributed by atoms with Crippen molar-refractivity contribution in [2.45, 2.75) is 6.61 Å². The van der Waals surface area contributed by atoms with Crippen LogP contribution in [-0.2, 0) is 11.4 Å². The predicted molar refractivity (Wildman–Crippen MR) is 37.9 cm³/mol. The van der Waals surface area contributed by atoms with Gasteiger partial charge in [0.25, 0.3) is 0 Å². The van der Waals surface area contributed by atoms with E-state index in [2.05, 4.69) is 9.82 Å². The summed E-state index contributed by atoms with van der Waals surface area (Å²) in [5.74, 6) is 4.85. The van der Waals surface area contributed by atoms with Crippen molar-refractivity contribution in [3.8, 4) is 6.07 Å². The minimum atomic E-state index is 0.219. The van der Waals surface area contributed by atoms with Crippen LogP contribution in [-0.4, -0.2) is 4.98 Å². The van der Waals surface area contributed by atoms with Crippen LogP contribution in [0, 0.1) is 11.3 Å². The van der Waals surface area contributed by atoms with Gasteiger partial charge in [-0.3, -0.25) is 4.84 Å². The van der Waals surface area contributed by atoms with Gasteiger partial charge in [-0.2, -0.15) is 5.26 Å². The van der Waals surface area contributed by atoms with E-state index in [-0.39, 0.29) is 6.61 Å². The Labute approximate surface area is 64.2 Å². The molecule has 0 atom stereocenters. The molecule has 1 aromatic heterocycles. The van der Waals surface area contributed by atoms with E-state index >= 15 is 0 Å². The first-order chi connectivity index (χ1) is 5.38. The van der Waals surface area contributed by atoms with Crippen molar-refractivity contribution >= 4 is 0 Å². The number of nitrogens with two attached hydrogens (primary N) is 1. The zero-order valence-corrected chi connectivity index (χ0v) is 5.82. The van der Waals surface area contributed by atoms with Crippen molar-refractivity contribution in [1.29, 1.82) is 5.26 Å². The average molecular weight is 149 g/mol. The van der Waals surface area contributed by atoms with Crippen molar-refractivity contribution < 1.29 is 4.84 Å². The normalized spacial score (nSPS) is 9.09. The highest BCUT2D eigenvalue weighted by molar-refractivity contribution is 5.29. The lowest BCUT2D eigenvalue weighted by atomic mass is 10.2. The summed E-state index contributed by atoms with van der Waals surface area (Å²) < 4.78 is 0. The lowest BCUT2D eigenvalue weighted by Gasteiger charge is -1.98. The highest BCUT2D eigenvalue weighted by atomic mass is 16.6. The summed E-state index contributed by atoms with van der Waals surface area (Å²) in [7, 11) is 0. The Balaban J connectivity index is 2.95. The van der Waals surface area contributed by atoms with Crippen LogP contribution >= 0.6 is 0 Å². The predicted octanol–water partition coefficient (Wildman–Crippen LogP) is 0.344. The molecule has 11 heavy (non-hydrogen) atoms. The van der Waals surface area contributed by atoms with E-state index in [9.17, 15) is 0 Å². The zero-order chi connectivity index (χ0) is 8.10. The SMILES string of the molecule is N#Cc1ncccc1CON. The second kappa shape index (κ2) is 3.66. The molecule has 0 amide bonds. The standard InChI is InChI=1S/C7H7N3O/c8-4-7-6(5-11-9)2-1-3-10-7/h1-3H,5,9H2. The van der Waals surface area contributed by atoms with Crippen LogP contribution < -0.4 is 5.90 Å². The van der Waals surface area contributed by atoms with Gasteiger partial charge in [0, 0.05) is 11.8 Å². The monoisotopic (exact) mass is 149 g/mol. The molecule has 0 bridgehead atoms. The molecule has 4 nitrogen and oxygen atoms in total. The van der Waals surface area contributed by atoms with Gasteiger partial charge in [0.05, 0.1) is 6.61 Å². The summed E-state index contributed by atoms with van der Waals surface area (Å²) in [6.45, 7) is 0.219. The summed E-state index contributed by atoms with van der Waals surface area (Å²) >= 11 is 0. The molecule has 0 fully saturated rings. The highest BCUT2D eigenvalue weighted by Crippen LogP contribution is 2.03. The maximum absolute atomic E-state index is 8.54.